The summed E-state index contributed by atoms with van der Waals surface area (Å²) in [5.74, 6) is -1.48. The van der Waals surface area contributed by atoms with E-state index >= 15 is 0 Å². The molecule has 0 aliphatic carbocycles. The maximum atomic E-state index is 13.2. The van der Waals surface area contributed by atoms with Gasteiger partial charge in [-0.1, -0.05) is 18.2 Å². The van der Waals surface area contributed by atoms with Crippen LogP contribution in [0.15, 0.2) is 54.6 Å². The molecule has 2 aromatic carbocycles. The van der Waals surface area contributed by atoms with E-state index in [0.29, 0.717) is 10.9 Å². The lowest BCUT2D eigenvalue weighted by Crippen LogP contribution is -2.11. The molecule has 0 aliphatic rings. The fourth-order valence-electron chi connectivity index (χ4n) is 2.96. The molecule has 0 unspecified atom stereocenters. The molecule has 0 radical (unpaired) electrons. The van der Waals surface area contributed by atoms with E-state index in [0.717, 1.165) is 10.9 Å². The Balaban J connectivity index is 2.01. The maximum Gasteiger partial charge on any atom is 0.356 e. The van der Waals surface area contributed by atoms with E-state index in [1.165, 1.54) is 31.4 Å². The molecule has 1 N–H and O–H groups in total. The quantitative estimate of drug-likeness (QED) is 0.451. The second kappa shape index (κ2) is 6.07. The number of aromatic amines is 1. The van der Waals surface area contributed by atoms with Crippen LogP contribution in [0.4, 0.5) is 4.39 Å². The number of para-hydroxylation sites is 1. The topological polar surface area (TPSA) is 72.1 Å². The number of halogens is 1. The first kappa shape index (κ1) is 16.0. The summed E-state index contributed by atoms with van der Waals surface area (Å²) < 4.78 is 17.9. The molecule has 0 spiro atoms. The number of ketones is 1. The number of aromatic nitrogens is 2. The van der Waals surface area contributed by atoms with Crippen LogP contribution in [0.3, 0.4) is 0 Å². The molecule has 128 valence electrons. The van der Waals surface area contributed by atoms with E-state index in [2.05, 4.69) is 9.97 Å². The van der Waals surface area contributed by atoms with Crippen LogP contribution in [0.1, 0.15) is 26.5 Å². The number of esters is 1. The molecular formula is C20H13FN2O3. The van der Waals surface area contributed by atoms with Gasteiger partial charge in [-0.25, -0.2) is 14.2 Å². The van der Waals surface area contributed by atoms with Crippen LogP contribution in [-0.4, -0.2) is 28.8 Å². The molecule has 0 amide bonds. The number of carbonyl (C=O) groups excluding carboxylic acids is 2. The molecule has 5 nitrogen and oxygen atoms in total. The average Bonchev–Trinajstić information content (AvgIpc) is 3.05. The van der Waals surface area contributed by atoms with Crippen molar-refractivity contribution in [2.75, 3.05) is 7.11 Å². The molecule has 2 heterocycles. The third kappa shape index (κ3) is 2.52. The van der Waals surface area contributed by atoms with Crippen molar-refractivity contribution in [2.45, 2.75) is 0 Å². The summed E-state index contributed by atoms with van der Waals surface area (Å²) in [5.41, 5.74) is 1.74. The van der Waals surface area contributed by atoms with Crippen molar-refractivity contribution in [1.82, 2.24) is 9.97 Å². The Labute approximate surface area is 147 Å². The van der Waals surface area contributed by atoms with Crippen LogP contribution in [0.2, 0.25) is 0 Å². The number of hydrogen-bond donors (Lipinski definition) is 1. The standard InChI is InChI=1S/C20H13FN2O3/c1-26-20(25)16-10-14-13-4-2-3-5-15(13)22-17(14)18(23-16)19(24)11-6-8-12(21)9-7-11/h2-10,22H,1H3. The highest BCUT2D eigenvalue weighted by Crippen LogP contribution is 2.29. The van der Waals surface area contributed by atoms with Crippen molar-refractivity contribution in [3.05, 3.63) is 77.4 Å². The second-order valence-electron chi connectivity index (χ2n) is 5.78. The van der Waals surface area contributed by atoms with Crippen molar-refractivity contribution >= 4 is 33.6 Å². The van der Waals surface area contributed by atoms with Crippen molar-refractivity contribution < 1.29 is 18.7 Å². The Morgan fingerprint density at radius 3 is 2.50 bits per heavy atom. The highest BCUT2D eigenvalue weighted by atomic mass is 19.1. The van der Waals surface area contributed by atoms with Gasteiger partial charge in [0.1, 0.15) is 17.2 Å². The fourth-order valence-corrected chi connectivity index (χ4v) is 2.96. The maximum absolute atomic E-state index is 13.2. The van der Waals surface area contributed by atoms with E-state index in [9.17, 15) is 14.0 Å². The summed E-state index contributed by atoms with van der Waals surface area (Å²) in [4.78, 5) is 32.4. The monoisotopic (exact) mass is 348 g/mol. The lowest BCUT2D eigenvalue weighted by atomic mass is 10.0. The van der Waals surface area contributed by atoms with Gasteiger partial charge in [-0.2, -0.15) is 0 Å². The van der Waals surface area contributed by atoms with Crippen LogP contribution in [0.5, 0.6) is 0 Å². The van der Waals surface area contributed by atoms with Gasteiger partial charge in [0.25, 0.3) is 0 Å². The first-order valence-corrected chi connectivity index (χ1v) is 7.88. The first-order chi connectivity index (χ1) is 12.6. The molecule has 26 heavy (non-hydrogen) atoms. The Morgan fingerprint density at radius 1 is 1.04 bits per heavy atom. The van der Waals surface area contributed by atoms with Crippen molar-refractivity contribution in [2.24, 2.45) is 0 Å². The molecule has 4 rings (SSSR count). The van der Waals surface area contributed by atoms with Crippen LogP contribution >= 0.6 is 0 Å². The van der Waals surface area contributed by atoms with Gasteiger partial charge in [0.15, 0.2) is 0 Å². The van der Waals surface area contributed by atoms with Crippen molar-refractivity contribution in [1.29, 1.82) is 0 Å². The summed E-state index contributed by atoms with van der Waals surface area (Å²) in [6, 6.07) is 14.3. The van der Waals surface area contributed by atoms with E-state index in [1.807, 2.05) is 24.3 Å². The van der Waals surface area contributed by atoms with E-state index < -0.39 is 17.6 Å². The number of benzene rings is 2. The summed E-state index contributed by atoms with van der Waals surface area (Å²) in [7, 11) is 1.25. The first-order valence-electron chi connectivity index (χ1n) is 7.88. The number of fused-ring (bicyclic) bond motifs is 3. The van der Waals surface area contributed by atoms with Gasteiger partial charge in [0.05, 0.1) is 12.6 Å². The van der Waals surface area contributed by atoms with Gasteiger partial charge in [0.2, 0.25) is 5.78 Å². The Kier molecular flexibility index (Phi) is 3.73. The van der Waals surface area contributed by atoms with Gasteiger partial charge in [0, 0.05) is 21.9 Å². The highest BCUT2D eigenvalue weighted by Gasteiger charge is 2.21. The number of H-pyrrole nitrogens is 1. The van der Waals surface area contributed by atoms with Gasteiger partial charge in [-0.15, -0.1) is 0 Å². The molecule has 6 heteroatoms. The number of nitrogens with one attached hydrogen (secondary N) is 1. The molecular weight excluding hydrogens is 335 g/mol. The third-order valence-electron chi connectivity index (χ3n) is 4.21. The second-order valence-corrected chi connectivity index (χ2v) is 5.78. The zero-order valence-electron chi connectivity index (χ0n) is 13.7. The smallest absolute Gasteiger partial charge is 0.356 e. The lowest BCUT2D eigenvalue weighted by Gasteiger charge is -2.06. The van der Waals surface area contributed by atoms with Crippen molar-refractivity contribution in [3.63, 3.8) is 0 Å². The Morgan fingerprint density at radius 2 is 1.77 bits per heavy atom. The van der Waals surface area contributed by atoms with E-state index in [1.54, 1.807) is 6.07 Å². The number of rotatable bonds is 3. The molecule has 0 fully saturated rings. The summed E-state index contributed by atoms with van der Waals surface area (Å²) in [5, 5.41) is 1.56. The number of pyridine rings is 1. The molecule has 4 aromatic rings. The predicted octanol–water partition coefficient (Wildman–Crippen LogP) is 3.87. The number of hydrogen-bond acceptors (Lipinski definition) is 4. The average molecular weight is 348 g/mol. The third-order valence-corrected chi connectivity index (χ3v) is 4.21. The molecule has 0 saturated carbocycles. The molecule has 2 aromatic heterocycles. The molecule has 0 aliphatic heterocycles. The largest absolute Gasteiger partial charge is 0.464 e. The number of carbonyl (C=O) groups is 2. The predicted molar refractivity (Wildman–Crippen MR) is 94.8 cm³/mol. The summed E-state index contributed by atoms with van der Waals surface area (Å²) in [6.45, 7) is 0. The molecule has 0 atom stereocenters. The Hall–Kier alpha value is -3.54. The lowest BCUT2D eigenvalue weighted by molar-refractivity contribution is 0.0594. The van der Waals surface area contributed by atoms with Crippen LogP contribution in [-0.2, 0) is 4.74 Å². The number of ether oxygens (including phenoxy) is 1. The van der Waals surface area contributed by atoms with E-state index in [-0.39, 0.29) is 17.0 Å². The van der Waals surface area contributed by atoms with Crippen LogP contribution in [0.25, 0.3) is 21.8 Å². The summed E-state index contributed by atoms with van der Waals surface area (Å²) in [6.07, 6.45) is 0. The highest BCUT2D eigenvalue weighted by molar-refractivity contribution is 6.19. The molecule has 0 bridgehead atoms. The SMILES string of the molecule is COC(=O)c1cc2c([nH]c3ccccc32)c(C(=O)c2ccc(F)cc2)n1. The van der Waals surface area contributed by atoms with Gasteiger partial charge in [-0.05, 0) is 36.4 Å². The van der Waals surface area contributed by atoms with Crippen LogP contribution < -0.4 is 0 Å². The summed E-state index contributed by atoms with van der Waals surface area (Å²) >= 11 is 0. The van der Waals surface area contributed by atoms with E-state index in [4.69, 9.17) is 4.74 Å². The van der Waals surface area contributed by atoms with Crippen molar-refractivity contribution in [3.8, 4) is 0 Å². The van der Waals surface area contributed by atoms with Gasteiger partial charge >= 0.3 is 5.97 Å². The normalized spacial score (nSPS) is 11.0. The minimum absolute atomic E-state index is 0.0372. The molecule has 0 saturated heterocycles. The minimum Gasteiger partial charge on any atom is -0.464 e. The van der Waals surface area contributed by atoms with Crippen LogP contribution in [0, 0.1) is 5.82 Å². The Bertz CT molecular complexity index is 1160. The van der Waals surface area contributed by atoms with Gasteiger partial charge < -0.3 is 9.72 Å². The van der Waals surface area contributed by atoms with Gasteiger partial charge in [-0.3, -0.25) is 4.79 Å². The fraction of sp³-hybridized carbons (Fsp3) is 0.0500. The zero-order chi connectivity index (χ0) is 18.3. The minimum atomic E-state index is -0.634. The number of methoxy groups -OCH3 is 1. The zero-order valence-corrected chi connectivity index (χ0v) is 13.7. The number of nitrogens with zero attached hydrogens (tertiary/aromatic N) is 1.